The zero-order chi connectivity index (χ0) is 33.3. The summed E-state index contributed by atoms with van der Waals surface area (Å²) < 4.78 is 63.2. The quantitative estimate of drug-likeness (QED) is 0.204. The first-order valence-electron chi connectivity index (χ1n) is 14.4. The molecule has 2 unspecified atom stereocenters. The van der Waals surface area contributed by atoms with Gasteiger partial charge < -0.3 is 15.4 Å². The minimum atomic E-state index is -2.53. The van der Waals surface area contributed by atoms with Crippen LogP contribution >= 0.6 is 0 Å². The Morgan fingerprint density at radius 3 is 2.50 bits per heavy atom. The van der Waals surface area contributed by atoms with Crippen molar-refractivity contribution >= 4 is 22.8 Å². The number of nitrogens with zero attached hydrogens (tertiary/aromatic N) is 4. The molecular formula is C31H31F4N7O4. The number of aromatic nitrogens is 5. The van der Waals surface area contributed by atoms with E-state index in [0.29, 0.717) is 11.0 Å². The summed E-state index contributed by atoms with van der Waals surface area (Å²) in [4.78, 5) is 44.0. The van der Waals surface area contributed by atoms with Gasteiger partial charge in [0.25, 0.3) is 11.5 Å². The monoisotopic (exact) mass is 641 g/mol. The van der Waals surface area contributed by atoms with Crippen LogP contribution in [0.4, 0.5) is 23.4 Å². The topological polar surface area (TPSA) is 136 Å². The van der Waals surface area contributed by atoms with E-state index in [1.54, 1.807) is 20.8 Å². The fourth-order valence-corrected chi connectivity index (χ4v) is 5.00. The zero-order valence-electron chi connectivity index (χ0n) is 25.3. The van der Waals surface area contributed by atoms with E-state index < -0.39 is 53.6 Å². The van der Waals surface area contributed by atoms with Crippen molar-refractivity contribution in [2.45, 2.75) is 64.7 Å². The molecule has 1 aliphatic rings. The number of hydrogen-bond acceptors (Lipinski definition) is 7. The number of allylic oxidation sites excluding steroid dienone is 4. The van der Waals surface area contributed by atoms with Crippen LogP contribution in [0.1, 0.15) is 56.9 Å². The lowest BCUT2D eigenvalue weighted by atomic mass is 9.94. The van der Waals surface area contributed by atoms with Gasteiger partial charge >= 0.3 is 5.69 Å². The van der Waals surface area contributed by atoms with Crippen molar-refractivity contribution < 1.29 is 27.1 Å². The second kappa shape index (κ2) is 12.7. The first-order valence-corrected chi connectivity index (χ1v) is 14.4. The highest BCUT2D eigenvalue weighted by Gasteiger charge is 2.36. The summed E-state index contributed by atoms with van der Waals surface area (Å²) in [5.41, 5.74) is -3.68. The molecule has 0 saturated heterocycles. The number of carbonyl (C=O) groups is 1. The Hall–Kier alpha value is -5.21. The van der Waals surface area contributed by atoms with Crippen LogP contribution in [0.15, 0.2) is 75.9 Å². The fraction of sp³-hybridized carbons (Fsp3) is 0.323. The van der Waals surface area contributed by atoms with E-state index in [-0.39, 0.29) is 40.7 Å². The van der Waals surface area contributed by atoms with Gasteiger partial charge in [0.05, 0.1) is 5.69 Å². The van der Waals surface area contributed by atoms with E-state index in [9.17, 15) is 27.6 Å². The standard InChI is InChI=1S/C31H31F4N7O4/c1-16(2)41-15-21(29(44)42(30(41)45)20-8-5-18(32)6-9-20)28(43)38-19-7-10-23(31(4,35)14-19)46-22-11-12-36-26-25(22)27(40-39-26)37-17(3)13-24(33)34/h5-12,15-17,24H,13-14H2,1-4H3,(H,38,43)(H2,36,37,39,40). The van der Waals surface area contributed by atoms with Crippen LogP contribution in [0.3, 0.4) is 0 Å². The summed E-state index contributed by atoms with van der Waals surface area (Å²) in [6, 6.07) is 5.08. The Labute approximate surface area is 259 Å². The molecule has 11 nitrogen and oxygen atoms in total. The number of ether oxygens (including phenoxy) is 1. The fourth-order valence-electron chi connectivity index (χ4n) is 5.00. The molecule has 0 radical (unpaired) electrons. The molecule has 0 saturated carbocycles. The van der Waals surface area contributed by atoms with Crippen LogP contribution in [-0.2, 0) is 0 Å². The summed E-state index contributed by atoms with van der Waals surface area (Å²) in [5.74, 6) is -1.19. The van der Waals surface area contributed by atoms with Crippen molar-refractivity contribution in [1.29, 1.82) is 0 Å². The van der Waals surface area contributed by atoms with Crippen LogP contribution in [0.2, 0.25) is 0 Å². The minimum absolute atomic E-state index is 0.0723. The molecule has 242 valence electrons. The van der Waals surface area contributed by atoms with E-state index >= 15 is 4.39 Å². The highest BCUT2D eigenvalue weighted by Crippen LogP contribution is 2.37. The average Bonchev–Trinajstić information content (AvgIpc) is 3.38. The maximum absolute atomic E-state index is 16.1. The molecule has 2 atom stereocenters. The van der Waals surface area contributed by atoms with Gasteiger partial charge in [-0.3, -0.25) is 19.3 Å². The SMILES string of the molecule is CC(CC(F)F)Nc1n[nH]c2nccc(OC3=CC=C(NC(=O)c4cn(C(C)C)c(=O)n(-c5ccc(F)cc5)c4=O)CC3(C)F)c12. The van der Waals surface area contributed by atoms with Gasteiger partial charge in [-0.25, -0.2) is 31.9 Å². The number of pyridine rings is 1. The number of alkyl halides is 3. The number of hydrogen-bond donors (Lipinski definition) is 3. The molecule has 0 fully saturated rings. The van der Waals surface area contributed by atoms with Crippen molar-refractivity contribution in [2.24, 2.45) is 0 Å². The van der Waals surface area contributed by atoms with Gasteiger partial charge in [-0.1, -0.05) is 0 Å². The number of rotatable bonds is 10. The molecule has 3 N–H and O–H groups in total. The van der Waals surface area contributed by atoms with Crippen molar-refractivity contribution in [3.8, 4) is 11.4 Å². The summed E-state index contributed by atoms with van der Waals surface area (Å²) in [6.45, 7) is 6.20. The summed E-state index contributed by atoms with van der Waals surface area (Å²) >= 11 is 0. The van der Waals surface area contributed by atoms with Crippen molar-refractivity contribution in [3.05, 3.63) is 98.6 Å². The average molecular weight is 642 g/mol. The molecule has 0 spiro atoms. The lowest BCUT2D eigenvalue weighted by molar-refractivity contribution is 0.0953. The van der Waals surface area contributed by atoms with Crippen LogP contribution in [-0.4, -0.2) is 48.4 Å². The maximum atomic E-state index is 16.1. The van der Waals surface area contributed by atoms with Gasteiger partial charge in [-0.15, -0.1) is 0 Å². The molecule has 0 bridgehead atoms. The van der Waals surface area contributed by atoms with Gasteiger partial charge in [-0.05, 0) is 64.1 Å². The number of fused-ring (bicyclic) bond motifs is 1. The van der Waals surface area contributed by atoms with Crippen molar-refractivity contribution in [1.82, 2.24) is 29.6 Å². The maximum Gasteiger partial charge on any atom is 0.335 e. The number of nitrogens with one attached hydrogen (secondary N) is 3. The molecule has 5 rings (SSSR count). The number of amides is 1. The smallest absolute Gasteiger partial charge is 0.335 e. The largest absolute Gasteiger partial charge is 0.457 e. The lowest BCUT2D eigenvalue weighted by Gasteiger charge is -2.28. The van der Waals surface area contributed by atoms with Gasteiger partial charge in [0, 0.05) is 49.1 Å². The Morgan fingerprint density at radius 2 is 1.85 bits per heavy atom. The van der Waals surface area contributed by atoms with E-state index in [4.69, 9.17) is 4.74 Å². The molecular weight excluding hydrogens is 610 g/mol. The lowest BCUT2D eigenvalue weighted by Crippen LogP contribution is -2.44. The summed E-state index contributed by atoms with van der Waals surface area (Å²) in [6.07, 6.45) is 2.00. The molecule has 0 aliphatic heterocycles. The third kappa shape index (κ3) is 6.57. The molecule has 46 heavy (non-hydrogen) atoms. The number of carbonyl (C=O) groups excluding carboxylic acids is 1. The predicted octanol–water partition coefficient (Wildman–Crippen LogP) is 5.15. The first-order chi connectivity index (χ1) is 21.7. The van der Waals surface area contributed by atoms with E-state index in [1.807, 2.05) is 0 Å². The van der Waals surface area contributed by atoms with Gasteiger partial charge in [0.15, 0.2) is 17.1 Å². The van der Waals surface area contributed by atoms with Crippen LogP contribution in [0.5, 0.6) is 5.75 Å². The Balaban J connectivity index is 1.43. The van der Waals surface area contributed by atoms with Crippen LogP contribution in [0.25, 0.3) is 16.7 Å². The number of H-pyrrole nitrogens is 1. The number of benzene rings is 1. The second-order valence-corrected chi connectivity index (χ2v) is 11.4. The Morgan fingerprint density at radius 1 is 1.13 bits per heavy atom. The normalized spacial score (nSPS) is 17.2. The summed E-state index contributed by atoms with van der Waals surface area (Å²) in [5, 5.41) is 12.6. The van der Waals surface area contributed by atoms with Crippen LogP contribution in [0, 0.1) is 5.82 Å². The molecule has 4 aromatic rings. The zero-order valence-corrected chi connectivity index (χ0v) is 25.3. The number of aromatic amines is 1. The highest BCUT2D eigenvalue weighted by atomic mass is 19.3. The molecule has 3 aromatic heterocycles. The molecule has 1 aromatic carbocycles. The third-order valence-electron chi connectivity index (χ3n) is 7.30. The summed E-state index contributed by atoms with van der Waals surface area (Å²) in [7, 11) is 0. The van der Waals surface area contributed by atoms with Gasteiger partial charge in [0.1, 0.15) is 28.3 Å². The highest BCUT2D eigenvalue weighted by molar-refractivity contribution is 5.95. The third-order valence-corrected chi connectivity index (χ3v) is 7.30. The van der Waals surface area contributed by atoms with Crippen molar-refractivity contribution in [3.63, 3.8) is 0 Å². The van der Waals surface area contributed by atoms with Crippen molar-refractivity contribution in [2.75, 3.05) is 5.32 Å². The number of halogens is 4. The van der Waals surface area contributed by atoms with E-state index in [1.165, 1.54) is 48.0 Å². The van der Waals surface area contributed by atoms with Gasteiger partial charge in [0.2, 0.25) is 6.43 Å². The molecule has 1 amide bonds. The second-order valence-electron chi connectivity index (χ2n) is 11.4. The van der Waals surface area contributed by atoms with E-state index in [0.717, 1.165) is 22.9 Å². The van der Waals surface area contributed by atoms with E-state index in [2.05, 4.69) is 25.8 Å². The Bertz CT molecular complexity index is 1960. The molecule has 1 aliphatic carbocycles. The number of anilines is 1. The molecule has 3 heterocycles. The first kappa shape index (κ1) is 32.2. The van der Waals surface area contributed by atoms with Gasteiger partial charge in [-0.2, -0.15) is 5.10 Å². The van der Waals surface area contributed by atoms with Crippen LogP contribution < -0.4 is 26.6 Å². The Kier molecular flexibility index (Phi) is 8.85. The molecule has 15 heteroatoms. The minimum Gasteiger partial charge on any atom is -0.457 e. The predicted molar refractivity (Wildman–Crippen MR) is 163 cm³/mol.